The van der Waals surface area contributed by atoms with Crippen molar-refractivity contribution in [2.75, 3.05) is 0 Å². The third kappa shape index (κ3) is 4.28. The van der Waals surface area contributed by atoms with Crippen molar-refractivity contribution in [3.05, 3.63) is 34.9 Å². The average molecular weight is 308 g/mol. The van der Waals surface area contributed by atoms with E-state index in [1.807, 2.05) is 13.8 Å². The second-order valence-corrected chi connectivity index (χ2v) is 3.66. The summed E-state index contributed by atoms with van der Waals surface area (Å²) in [4.78, 5) is 0. The zero-order chi connectivity index (χ0) is 10.3. The van der Waals surface area contributed by atoms with Gasteiger partial charge in [0.2, 0.25) is 0 Å². The summed E-state index contributed by atoms with van der Waals surface area (Å²) < 4.78 is 0. The Morgan fingerprint density at radius 2 is 1.54 bits per heavy atom. The minimum absolute atomic E-state index is 0.939. The van der Waals surface area contributed by atoms with Crippen molar-refractivity contribution in [3.8, 4) is 0 Å². The highest BCUT2D eigenvalue weighted by molar-refractivity contribution is 9.09. The maximum atomic E-state index is 3.46. The molecule has 0 aliphatic heterocycles. The molecule has 0 aliphatic carbocycles. The monoisotopic (exact) mass is 306 g/mol. The number of alkyl halides is 2. The molecule has 0 unspecified atom stereocenters. The standard InChI is InChI=1S/C9H10Br2.C2H6/c1-7-2-3-8(5-10)9(4-7)6-11;1-2/h2-4H,5-6H2,1H3;1-2H3. The van der Waals surface area contributed by atoms with Gasteiger partial charge in [0.15, 0.2) is 0 Å². The Morgan fingerprint density at radius 3 is 2.00 bits per heavy atom. The van der Waals surface area contributed by atoms with Gasteiger partial charge in [0, 0.05) is 10.7 Å². The van der Waals surface area contributed by atoms with Crippen LogP contribution in [-0.2, 0) is 10.7 Å². The first kappa shape index (κ1) is 13.2. The maximum Gasteiger partial charge on any atom is 0.0286 e. The lowest BCUT2D eigenvalue weighted by molar-refractivity contribution is 1.27. The fourth-order valence-electron chi connectivity index (χ4n) is 1.01. The normalized spacial score (nSPS) is 9.00. The van der Waals surface area contributed by atoms with Crippen LogP contribution in [-0.4, -0.2) is 0 Å². The Kier molecular flexibility index (Phi) is 7.68. The van der Waals surface area contributed by atoms with Crippen LogP contribution in [0.5, 0.6) is 0 Å². The predicted octanol–water partition coefficient (Wildman–Crippen LogP) is 4.81. The fourth-order valence-corrected chi connectivity index (χ4v) is 2.08. The van der Waals surface area contributed by atoms with Crippen LogP contribution in [0.4, 0.5) is 0 Å². The smallest absolute Gasteiger partial charge is 0.0286 e. The van der Waals surface area contributed by atoms with E-state index in [-0.39, 0.29) is 0 Å². The van der Waals surface area contributed by atoms with E-state index < -0.39 is 0 Å². The molecular formula is C11H16Br2. The third-order valence-electron chi connectivity index (χ3n) is 1.65. The first-order valence-corrected chi connectivity index (χ1v) is 6.72. The van der Waals surface area contributed by atoms with Crippen molar-refractivity contribution < 1.29 is 0 Å². The largest absolute Gasteiger partial charge is 0.0876 e. The van der Waals surface area contributed by atoms with Crippen molar-refractivity contribution in [3.63, 3.8) is 0 Å². The minimum atomic E-state index is 0.939. The van der Waals surface area contributed by atoms with Crippen molar-refractivity contribution in [2.24, 2.45) is 0 Å². The highest BCUT2D eigenvalue weighted by atomic mass is 79.9. The van der Waals surface area contributed by atoms with E-state index >= 15 is 0 Å². The van der Waals surface area contributed by atoms with Gasteiger partial charge in [-0.05, 0) is 18.1 Å². The zero-order valence-electron chi connectivity index (χ0n) is 8.40. The second kappa shape index (κ2) is 7.57. The van der Waals surface area contributed by atoms with Crippen LogP contribution >= 0.6 is 31.9 Å². The molecule has 0 heterocycles. The molecule has 2 heteroatoms. The van der Waals surface area contributed by atoms with Gasteiger partial charge < -0.3 is 0 Å². The maximum absolute atomic E-state index is 3.46. The van der Waals surface area contributed by atoms with Crippen molar-refractivity contribution >= 4 is 31.9 Å². The predicted molar refractivity (Wildman–Crippen MR) is 67.8 cm³/mol. The molecule has 0 bridgehead atoms. The van der Waals surface area contributed by atoms with Crippen LogP contribution in [0.1, 0.15) is 30.5 Å². The number of halogens is 2. The van der Waals surface area contributed by atoms with Gasteiger partial charge in [-0.3, -0.25) is 0 Å². The summed E-state index contributed by atoms with van der Waals surface area (Å²) in [5.74, 6) is 0. The summed E-state index contributed by atoms with van der Waals surface area (Å²) in [5, 5.41) is 1.88. The fraction of sp³-hybridized carbons (Fsp3) is 0.455. The number of benzene rings is 1. The first-order chi connectivity index (χ1) is 6.27. The van der Waals surface area contributed by atoms with Crippen molar-refractivity contribution in [1.29, 1.82) is 0 Å². The summed E-state index contributed by atoms with van der Waals surface area (Å²) in [5.41, 5.74) is 4.07. The lowest BCUT2D eigenvalue weighted by Crippen LogP contribution is -1.87. The van der Waals surface area contributed by atoms with Crippen LogP contribution < -0.4 is 0 Å². The Balaban J connectivity index is 0.000000671. The van der Waals surface area contributed by atoms with Gasteiger partial charge >= 0.3 is 0 Å². The summed E-state index contributed by atoms with van der Waals surface area (Å²) in [6, 6.07) is 6.52. The Hall–Kier alpha value is 0.180. The van der Waals surface area contributed by atoms with Crippen LogP contribution in [0.3, 0.4) is 0 Å². The average Bonchev–Trinajstić information content (AvgIpc) is 2.20. The second-order valence-electron chi connectivity index (χ2n) is 2.54. The van der Waals surface area contributed by atoms with Crippen molar-refractivity contribution in [2.45, 2.75) is 31.4 Å². The van der Waals surface area contributed by atoms with Gasteiger partial charge in [-0.25, -0.2) is 0 Å². The first-order valence-electron chi connectivity index (χ1n) is 4.48. The molecule has 0 aliphatic rings. The quantitative estimate of drug-likeness (QED) is 0.688. The van der Waals surface area contributed by atoms with E-state index in [2.05, 4.69) is 57.0 Å². The molecule has 1 rings (SSSR count). The Morgan fingerprint density at radius 1 is 1.00 bits per heavy atom. The topological polar surface area (TPSA) is 0 Å². The van der Waals surface area contributed by atoms with Gasteiger partial charge in [-0.1, -0.05) is 69.5 Å². The molecule has 0 spiro atoms. The summed E-state index contributed by atoms with van der Waals surface area (Å²) in [7, 11) is 0. The van der Waals surface area contributed by atoms with Crippen LogP contribution in [0, 0.1) is 6.92 Å². The van der Waals surface area contributed by atoms with E-state index in [9.17, 15) is 0 Å². The molecule has 13 heavy (non-hydrogen) atoms. The lowest BCUT2D eigenvalue weighted by Gasteiger charge is -2.04. The van der Waals surface area contributed by atoms with E-state index in [0.29, 0.717) is 0 Å². The Labute approximate surface area is 98.0 Å². The molecule has 0 atom stereocenters. The van der Waals surface area contributed by atoms with E-state index in [1.54, 1.807) is 0 Å². The van der Waals surface area contributed by atoms with Gasteiger partial charge in [0.05, 0.1) is 0 Å². The van der Waals surface area contributed by atoms with Crippen LogP contribution in [0.15, 0.2) is 18.2 Å². The molecular weight excluding hydrogens is 292 g/mol. The van der Waals surface area contributed by atoms with Gasteiger partial charge in [-0.2, -0.15) is 0 Å². The molecule has 74 valence electrons. The molecule has 0 saturated carbocycles. The summed E-state index contributed by atoms with van der Waals surface area (Å²) in [6.45, 7) is 6.12. The molecule has 1 aromatic rings. The number of hydrogen-bond donors (Lipinski definition) is 0. The highest BCUT2D eigenvalue weighted by Crippen LogP contribution is 2.17. The summed E-state index contributed by atoms with van der Waals surface area (Å²) in [6.07, 6.45) is 0. The van der Waals surface area contributed by atoms with Crippen LogP contribution in [0.25, 0.3) is 0 Å². The zero-order valence-corrected chi connectivity index (χ0v) is 11.6. The highest BCUT2D eigenvalue weighted by Gasteiger charge is 1.98. The molecule has 0 N–H and O–H groups in total. The van der Waals surface area contributed by atoms with Crippen LogP contribution in [0.2, 0.25) is 0 Å². The van der Waals surface area contributed by atoms with E-state index in [1.165, 1.54) is 16.7 Å². The van der Waals surface area contributed by atoms with Gasteiger partial charge in [0.1, 0.15) is 0 Å². The summed E-state index contributed by atoms with van der Waals surface area (Å²) >= 11 is 6.92. The molecule has 0 saturated heterocycles. The molecule has 0 amide bonds. The number of rotatable bonds is 2. The minimum Gasteiger partial charge on any atom is -0.0876 e. The molecule has 0 fully saturated rings. The van der Waals surface area contributed by atoms with E-state index in [4.69, 9.17) is 0 Å². The number of hydrogen-bond acceptors (Lipinski definition) is 0. The van der Waals surface area contributed by atoms with Gasteiger partial charge in [0.25, 0.3) is 0 Å². The third-order valence-corrected chi connectivity index (χ3v) is 2.86. The molecule has 0 aromatic heterocycles. The van der Waals surface area contributed by atoms with E-state index in [0.717, 1.165) is 10.7 Å². The molecule has 0 nitrogen and oxygen atoms in total. The lowest BCUT2D eigenvalue weighted by atomic mass is 10.1. The van der Waals surface area contributed by atoms with Gasteiger partial charge in [-0.15, -0.1) is 0 Å². The molecule has 0 radical (unpaired) electrons. The SMILES string of the molecule is CC.Cc1ccc(CBr)c(CBr)c1. The van der Waals surface area contributed by atoms with Crippen molar-refractivity contribution in [1.82, 2.24) is 0 Å². The Bertz CT molecular complexity index is 244. The molecule has 1 aromatic carbocycles. The number of aryl methyl sites for hydroxylation is 1.